The van der Waals surface area contributed by atoms with E-state index in [9.17, 15) is 4.79 Å². The summed E-state index contributed by atoms with van der Waals surface area (Å²) in [6.45, 7) is 3.44. The van der Waals surface area contributed by atoms with Crippen molar-refractivity contribution >= 4 is 17.5 Å². The summed E-state index contributed by atoms with van der Waals surface area (Å²) in [7, 11) is 0. The van der Waals surface area contributed by atoms with Crippen molar-refractivity contribution in [1.29, 1.82) is 0 Å². The van der Waals surface area contributed by atoms with Crippen LogP contribution in [0.2, 0.25) is 5.02 Å². The zero-order valence-electron chi connectivity index (χ0n) is 18.0. The number of pyridine rings is 1. The van der Waals surface area contributed by atoms with Crippen molar-refractivity contribution in [2.24, 2.45) is 0 Å². The van der Waals surface area contributed by atoms with Gasteiger partial charge < -0.3 is 10.1 Å². The molecule has 1 saturated heterocycles. The maximum Gasteiger partial charge on any atom is 0.233 e. The van der Waals surface area contributed by atoms with E-state index in [2.05, 4.69) is 15.2 Å². The van der Waals surface area contributed by atoms with Gasteiger partial charge in [0.05, 0.1) is 5.69 Å². The number of carbonyl (C=O) groups is 1. The highest BCUT2D eigenvalue weighted by Crippen LogP contribution is 2.25. The highest BCUT2D eigenvalue weighted by molar-refractivity contribution is 6.30. The van der Waals surface area contributed by atoms with Gasteiger partial charge in [0.15, 0.2) is 0 Å². The lowest BCUT2D eigenvalue weighted by molar-refractivity contribution is -0.122. The molecule has 0 aliphatic carbocycles. The molecule has 0 spiro atoms. The number of para-hydroxylation sites is 1. The topological polar surface area (TPSA) is 54.5 Å². The van der Waals surface area contributed by atoms with Crippen molar-refractivity contribution in [3.8, 4) is 5.75 Å². The Labute approximate surface area is 194 Å². The van der Waals surface area contributed by atoms with Crippen molar-refractivity contribution in [3.05, 3.63) is 95.3 Å². The van der Waals surface area contributed by atoms with Crippen LogP contribution in [-0.2, 0) is 4.79 Å². The average molecular weight is 450 g/mol. The fourth-order valence-electron chi connectivity index (χ4n) is 4.05. The second-order valence-corrected chi connectivity index (χ2v) is 8.46. The molecule has 2 aromatic carbocycles. The van der Waals surface area contributed by atoms with Crippen LogP contribution in [0, 0.1) is 0 Å². The number of amides is 1. The van der Waals surface area contributed by atoms with Crippen LogP contribution < -0.4 is 10.1 Å². The summed E-state index contributed by atoms with van der Waals surface area (Å²) in [5, 5.41) is 3.91. The van der Waals surface area contributed by atoms with Crippen LogP contribution in [0.4, 0.5) is 0 Å². The fourth-order valence-corrected chi connectivity index (χ4v) is 4.18. The Kier molecular flexibility index (Phi) is 7.75. The first-order valence-electron chi connectivity index (χ1n) is 11.1. The van der Waals surface area contributed by atoms with Crippen molar-refractivity contribution in [2.75, 3.05) is 26.2 Å². The monoisotopic (exact) mass is 449 g/mol. The molecule has 1 amide bonds. The number of benzene rings is 2. The maximum atomic E-state index is 13.3. The highest BCUT2D eigenvalue weighted by Gasteiger charge is 2.27. The molecule has 2 heterocycles. The standard InChI is InChI=1S/C26H28ClN3O2/c27-21-11-9-20(10-12-21)25(24-8-4-5-15-28-24)26(31)29-22-13-16-30(17-14-22)18-19-32-23-6-2-1-3-7-23/h1-12,15,22,25H,13-14,16-19H2,(H,29,31). The lowest BCUT2D eigenvalue weighted by Crippen LogP contribution is -2.46. The quantitative estimate of drug-likeness (QED) is 0.549. The lowest BCUT2D eigenvalue weighted by atomic mass is 9.93. The number of hydrogen-bond acceptors (Lipinski definition) is 4. The van der Waals surface area contributed by atoms with E-state index in [0.717, 1.165) is 49.5 Å². The van der Waals surface area contributed by atoms with E-state index in [1.54, 1.807) is 6.20 Å². The van der Waals surface area contributed by atoms with E-state index >= 15 is 0 Å². The summed E-state index contributed by atoms with van der Waals surface area (Å²) in [6.07, 6.45) is 3.57. The SMILES string of the molecule is O=C(NC1CCN(CCOc2ccccc2)CC1)C(c1ccc(Cl)cc1)c1ccccn1. The third-order valence-corrected chi connectivity index (χ3v) is 6.05. The van der Waals surface area contributed by atoms with Gasteiger partial charge in [0.25, 0.3) is 0 Å². The summed E-state index contributed by atoms with van der Waals surface area (Å²) >= 11 is 6.05. The first-order chi connectivity index (χ1) is 15.7. The van der Waals surface area contributed by atoms with Crippen LogP contribution >= 0.6 is 11.6 Å². The van der Waals surface area contributed by atoms with Gasteiger partial charge in [-0.2, -0.15) is 0 Å². The molecule has 0 saturated carbocycles. The van der Waals surface area contributed by atoms with Crippen molar-refractivity contribution < 1.29 is 9.53 Å². The van der Waals surface area contributed by atoms with Crippen molar-refractivity contribution in [2.45, 2.75) is 24.8 Å². The summed E-state index contributed by atoms with van der Waals surface area (Å²) in [5.74, 6) is 0.431. The molecule has 5 nitrogen and oxygen atoms in total. The molecule has 1 atom stereocenters. The molecule has 4 rings (SSSR count). The van der Waals surface area contributed by atoms with Gasteiger partial charge in [-0.05, 0) is 54.8 Å². The Hall–Kier alpha value is -2.89. The molecule has 6 heteroatoms. The zero-order valence-corrected chi connectivity index (χ0v) is 18.7. The number of carbonyl (C=O) groups excluding carboxylic acids is 1. The number of rotatable bonds is 8. The molecule has 0 bridgehead atoms. The lowest BCUT2D eigenvalue weighted by Gasteiger charge is -2.33. The molecule has 32 heavy (non-hydrogen) atoms. The number of nitrogens with one attached hydrogen (secondary N) is 1. The van der Waals surface area contributed by atoms with Gasteiger partial charge in [-0.15, -0.1) is 0 Å². The number of aromatic nitrogens is 1. The van der Waals surface area contributed by atoms with E-state index < -0.39 is 5.92 Å². The Morgan fingerprint density at radius 1 is 1.03 bits per heavy atom. The molecular weight excluding hydrogens is 422 g/mol. The second kappa shape index (κ2) is 11.1. The molecule has 1 fully saturated rings. The van der Waals surface area contributed by atoms with Crippen LogP contribution in [0.15, 0.2) is 79.0 Å². The molecule has 1 N–H and O–H groups in total. The van der Waals surface area contributed by atoms with E-state index in [1.807, 2.05) is 72.8 Å². The first-order valence-corrected chi connectivity index (χ1v) is 11.4. The van der Waals surface area contributed by atoms with E-state index in [4.69, 9.17) is 16.3 Å². The third kappa shape index (κ3) is 6.09. The zero-order chi connectivity index (χ0) is 22.2. The molecule has 1 aromatic heterocycles. The molecule has 166 valence electrons. The minimum absolute atomic E-state index is 0.0168. The smallest absolute Gasteiger partial charge is 0.233 e. The van der Waals surface area contributed by atoms with Crippen LogP contribution in [0.25, 0.3) is 0 Å². The Bertz CT molecular complexity index is 975. The van der Waals surface area contributed by atoms with Gasteiger partial charge in [-0.25, -0.2) is 0 Å². The van der Waals surface area contributed by atoms with E-state index in [1.165, 1.54) is 0 Å². The molecule has 1 aliphatic rings. The molecule has 1 unspecified atom stereocenters. The van der Waals surface area contributed by atoms with Crippen molar-refractivity contribution in [1.82, 2.24) is 15.2 Å². The van der Waals surface area contributed by atoms with Gasteiger partial charge in [0, 0.05) is 36.9 Å². The Morgan fingerprint density at radius 2 is 1.75 bits per heavy atom. The van der Waals surface area contributed by atoms with Gasteiger partial charge in [-0.1, -0.05) is 48.0 Å². The summed E-state index contributed by atoms with van der Waals surface area (Å²) in [6, 6.07) is 23.1. The van der Waals surface area contributed by atoms with Crippen LogP contribution in [0.1, 0.15) is 30.0 Å². The maximum absolute atomic E-state index is 13.3. The number of hydrogen-bond donors (Lipinski definition) is 1. The number of ether oxygens (including phenoxy) is 1. The van der Waals surface area contributed by atoms with Crippen molar-refractivity contribution in [3.63, 3.8) is 0 Å². The minimum atomic E-state index is -0.453. The second-order valence-electron chi connectivity index (χ2n) is 8.03. The largest absolute Gasteiger partial charge is 0.492 e. The molecule has 3 aromatic rings. The summed E-state index contributed by atoms with van der Waals surface area (Å²) in [4.78, 5) is 20.1. The van der Waals surface area contributed by atoms with Gasteiger partial charge in [0.1, 0.15) is 18.3 Å². The van der Waals surface area contributed by atoms with Crippen LogP contribution in [-0.4, -0.2) is 48.1 Å². The number of nitrogens with zero attached hydrogens (tertiary/aromatic N) is 2. The highest BCUT2D eigenvalue weighted by atomic mass is 35.5. The third-order valence-electron chi connectivity index (χ3n) is 5.80. The normalized spacial score (nSPS) is 15.8. The Balaban J connectivity index is 1.31. The number of halogens is 1. The molecule has 1 aliphatic heterocycles. The van der Waals surface area contributed by atoms with E-state index in [0.29, 0.717) is 11.6 Å². The first kappa shape index (κ1) is 22.3. The van der Waals surface area contributed by atoms with Gasteiger partial charge in [-0.3, -0.25) is 14.7 Å². The predicted molar refractivity (Wildman–Crippen MR) is 127 cm³/mol. The predicted octanol–water partition coefficient (Wildman–Crippen LogP) is 4.53. The van der Waals surface area contributed by atoms with Crippen LogP contribution in [0.3, 0.4) is 0 Å². The van der Waals surface area contributed by atoms with Gasteiger partial charge in [0.2, 0.25) is 5.91 Å². The Morgan fingerprint density at radius 3 is 2.44 bits per heavy atom. The number of likely N-dealkylation sites (tertiary alicyclic amines) is 1. The minimum Gasteiger partial charge on any atom is -0.492 e. The summed E-state index contributed by atoms with van der Waals surface area (Å²) in [5.41, 5.74) is 1.63. The fraction of sp³-hybridized carbons (Fsp3) is 0.308. The van der Waals surface area contributed by atoms with E-state index in [-0.39, 0.29) is 11.9 Å². The number of piperidine rings is 1. The van der Waals surface area contributed by atoms with Gasteiger partial charge >= 0.3 is 0 Å². The summed E-state index contributed by atoms with van der Waals surface area (Å²) < 4.78 is 5.81. The van der Waals surface area contributed by atoms with Crippen LogP contribution in [0.5, 0.6) is 5.75 Å². The average Bonchev–Trinajstić information content (AvgIpc) is 2.83. The molecular formula is C26H28ClN3O2. The molecule has 0 radical (unpaired) electrons.